The van der Waals surface area contributed by atoms with Crippen LogP contribution in [0.2, 0.25) is 0 Å². The van der Waals surface area contributed by atoms with Crippen molar-refractivity contribution in [1.29, 1.82) is 0 Å². The second kappa shape index (κ2) is 5.48. The molecule has 2 aliphatic heterocycles. The van der Waals surface area contributed by atoms with Crippen molar-refractivity contribution in [1.82, 2.24) is 10.2 Å². The van der Waals surface area contributed by atoms with Crippen LogP contribution in [0, 0.1) is 0 Å². The number of rotatable bonds is 1. The summed E-state index contributed by atoms with van der Waals surface area (Å²) in [6, 6.07) is 0.772. The van der Waals surface area contributed by atoms with Gasteiger partial charge in [0, 0.05) is 37.8 Å². The molecule has 0 aromatic carbocycles. The van der Waals surface area contributed by atoms with Gasteiger partial charge < -0.3 is 10.1 Å². The molecule has 2 heterocycles. The highest BCUT2D eigenvalue weighted by Gasteiger charge is 2.43. The maximum atomic E-state index is 5.73. The van der Waals surface area contributed by atoms with Gasteiger partial charge in [-0.3, -0.25) is 4.90 Å². The standard InChI is InChI=1S/C15H28N2O/c1-13-11-14(5-10-18-13)17-9-8-16-12-15(17)6-3-2-4-7-15/h13-14,16H,2-12H2,1H3. The first-order chi connectivity index (χ1) is 8.80. The van der Waals surface area contributed by atoms with E-state index in [0.717, 1.165) is 12.6 Å². The predicted molar refractivity (Wildman–Crippen MR) is 73.8 cm³/mol. The summed E-state index contributed by atoms with van der Waals surface area (Å²) in [7, 11) is 0. The van der Waals surface area contributed by atoms with Crippen LogP contribution in [0.25, 0.3) is 0 Å². The van der Waals surface area contributed by atoms with Gasteiger partial charge in [0.05, 0.1) is 6.10 Å². The average molecular weight is 252 g/mol. The Bertz CT molecular complexity index is 267. The monoisotopic (exact) mass is 252 g/mol. The molecule has 0 amide bonds. The van der Waals surface area contributed by atoms with Crippen LogP contribution in [0.3, 0.4) is 0 Å². The molecular formula is C15H28N2O. The van der Waals surface area contributed by atoms with Gasteiger partial charge in [0.15, 0.2) is 0 Å². The molecular weight excluding hydrogens is 224 g/mol. The number of ether oxygens (including phenoxy) is 1. The molecule has 1 spiro atoms. The van der Waals surface area contributed by atoms with Gasteiger partial charge in [-0.1, -0.05) is 19.3 Å². The van der Waals surface area contributed by atoms with E-state index in [1.54, 1.807) is 0 Å². The molecule has 3 aliphatic rings. The lowest BCUT2D eigenvalue weighted by atomic mass is 9.77. The highest BCUT2D eigenvalue weighted by Crippen LogP contribution is 2.38. The van der Waals surface area contributed by atoms with Gasteiger partial charge in [-0.2, -0.15) is 0 Å². The van der Waals surface area contributed by atoms with Crippen molar-refractivity contribution in [3.05, 3.63) is 0 Å². The number of hydrogen-bond donors (Lipinski definition) is 1. The largest absolute Gasteiger partial charge is 0.378 e. The fraction of sp³-hybridized carbons (Fsp3) is 1.00. The third-order valence-electron chi connectivity index (χ3n) is 5.28. The van der Waals surface area contributed by atoms with E-state index in [1.165, 1.54) is 64.6 Å². The van der Waals surface area contributed by atoms with Crippen molar-refractivity contribution in [2.24, 2.45) is 0 Å². The molecule has 104 valence electrons. The van der Waals surface area contributed by atoms with E-state index in [9.17, 15) is 0 Å². The van der Waals surface area contributed by atoms with Crippen LogP contribution in [0.15, 0.2) is 0 Å². The topological polar surface area (TPSA) is 24.5 Å². The van der Waals surface area contributed by atoms with Crippen molar-refractivity contribution < 1.29 is 4.74 Å². The van der Waals surface area contributed by atoms with Crippen molar-refractivity contribution in [3.8, 4) is 0 Å². The van der Waals surface area contributed by atoms with Crippen LogP contribution < -0.4 is 5.32 Å². The Labute approximate surface area is 111 Å². The molecule has 0 bridgehead atoms. The van der Waals surface area contributed by atoms with Crippen LogP contribution in [-0.2, 0) is 4.74 Å². The van der Waals surface area contributed by atoms with Gasteiger partial charge >= 0.3 is 0 Å². The summed E-state index contributed by atoms with van der Waals surface area (Å²) < 4.78 is 5.73. The molecule has 1 saturated carbocycles. The zero-order chi connectivity index (χ0) is 12.4. The first-order valence-corrected chi connectivity index (χ1v) is 7.89. The quantitative estimate of drug-likeness (QED) is 0.774. The minimum atomic E-state index is 0.458. The Hall–Kier alpha value is -0.120. The molecule has 3 heteroatoms. The maximum absolute atomic E-state index is 5.73. The molecule has 3 rings (SSSR count). The normalized spacial score (nSPS) is 37.8. The minimum absolute atomic E-state index is 0.458. The van der Waals surface area contributed by atoms with Crippen LogP contribution >= 0.6 is 0 Å². The Balaban J connectivity index is 1.74. The molecule has 3 nitrogen and oxygen atoms in total. The summed E-state index contributed by atoms with van der Waals surface area (Å²) >= 11 is 0. The van der Waals surface area contributed by atoms with Gasteiger partial charge in [-0.05, 0) is 32.6 Å². The summed E-state index contributed by atoms with van der Waals surface area (Å²) in [6.07, 6.45) is 10.1. The number of piperazine rings is 1. The third kappa shape index (κ3) is 2.45. The fourth-order valence-electron chi connectivity index (χ4n) is 4.36. The lowest BCUT2D eigenvalue weighted by Gasteiger charge is -2.54. The van der Waals surface area contributed by atoms with E-state index >= 15 is 0 Å². The maximum Gasteiger partial charge on any atom is 0.0561 e. The molecule has 1 aliphatic carbocycles. The summed E-state index contributed by atoms with van der Waals surface area (Å²) in [5, 5.41) is 3.65. The van der Waals surface area contributed by atoms with Gasteiger partial charge in [-0.15, -0.1) is 0 Å². The van der Waals surface area contributed by atoms with Gasteiger partial charge in [0.25, 0.3) is 0 Å². The second-order valence-corrected chi connectivity index (χ2v) is 6.51. The molecule has 0 aromatic rings. The van der Waals surface area contributed by atoms with Crippen molar-refractivity contribution in [2.75, 3.05) is 26.2 Å². The zero-order valence-electron chi connectivity index (χ0n) is 11.8. The van der Waals surface area contributed by atoms with E-state index in [0.29, 0.717) is 11.6 Å². The minimum Gasteiger partial charge on any atom is -0.378 e. The lowest BCUT2D eigenvalue weighted by Crippen LogP contribution is -2.65. The Kier molecular flexibility index (Phi) is 3.92. The predicted octanol–water partition coefficient (Wildman–Crippen LogP) is 2.16. The van der Waals surface area contributed by atoms with E-state index in [-0.39, 0.29) is 0 Å². The Morgan fingerprint density at radius 1 is 1.22 bits per heavy atom. The van der Waals surface area contributed by atoms with Crippen LogP contribution in [0.5, 0.6) is 0 Å². The van der Waals surface area contributed by atoms with Gasteiger partial charge in [-0.25, -0.2) is 0 Å². The summed E-state index contributed by atoms with van der Waals surface area (Å²) in [6.45, 7) is 6.84. The van der Waals surface area contributed by atoms with Crippen LogP contribution in [0.1, 0.15) is 51.9 Å². The zero-order valence-corrected chi connectivity index (χ0v) is 11.8. The van der Waals surface area contributed by atoms with E-state index < -0.39 is 0 Å². The SMILES string of the molecule is CC1CC(N2CCNCC23CCCCC3)CCO1. The second-order valence-electron chi connectivity index (χ2n) is 6.51. The number of hydrogen-bond acceptors (Lipinski definition) is 3. The van der Waals surface area contributed by atoms with Gasteiger partial charge in [0.2, 0.25) is 0 Å². The number of nitrogens with one attached hydrogen (secondary N) is 1. The van der Waals surface area contributed by atoms with E-state index in [4.69, 9.17) is 4.74 Å². The van der Waals surface area contributed by atoms with Crippen LogP contribution in [0.4, 0.5) is 0 Å². The summed E-state index contributed by atoms with van der Waals surface area (Å²) in [4.78, 5) is 2.88. The first-order valence-electron chi connectivity index (χ1n) is 7.89. The van der Waals surface area contributed by atoms with Gasteiger partial charge in [0.1, 0.15) is 0 Å². The molecule has 2 unspecified atom stereocenters. The molecule has 2 saturated heterocycles. The van der Waals surface area contributed by atoms with E-state index in [2.05, 4.69) is 17.1 Å². The molecule has 3 fully saturated rings. The Morgan fingerprint density at radius 2 is 2.06 bits per heavy atom. The smallest absolute Gasteiger partial charge is 0.0561 e. The van der Waals surface area contributed by atoms with Crippen molar-refractivity contribution >= 4 is 0 Å². The Morgan fingerprint density at radius 3 is 2.83 bits per heavy atom. The van der Waals surface area contributed by atoms with E-state index in [1.807, 2.05) is 0 Å². The number of nitrogens with zero attached hydrogens (tertiary/aromatic N) is 1. The van der Waals surface area contributed by atoms with Crippen LogP contribution in [-0.4, -0.2) is 48.8 Å². The lowest BCUT2D eigenvalue weighted by molar-refractivity contribution is -0.0702. The first kappa shape index (κ1) is 12.9. The third-order valence-corrected chi connectivity index (χ3v) is 5.28. The van der Waals surface area contributed by atoms with Crippen molar-refractivity contribution in [2.45, 2.75) is 69.6 Å². The molecule has 18 heavy (non-hydrogen) atoms. The molecule has 0 radical (unpaired) electrons. The molecule has 0 aromatic heterocycles. The molecule has 2 atom stereocenters. The average Bonchev–Trinajstić information content (AvgIpc) is 2.40. The highest BCUT2D eigenvalue weighted by atomic mass is 16.5. The molecule has 1 N–H and O–H groups in total. The fourth-order valence-corrected chi connectivity index (χ4v) is 4.36. The highest BCUT2D eigenvalue weighted by molar-refractivity contribution is 5.01. The summed E-state index contributed by atoms with van der Waals surface area (Å²) in [5.74, 6) is 0. The van der Waals surface area contributed by atoms with Crippen molar-refractivity contribution in [3.63, 3.8) is 0 Å². The summed E-state index contributed by atoms with van der Waals surface area (Å²) in [5.41, 5.74) is 0.484.